The minimum atomic E-state index is 0.601. The van der Waals surface area contributed by atoms with Crippen LogP contribution in [-0.4, -0.2) is 37.1 Å². The lowest BCUT2D eigenvalue weighted by Crippen LogP contribution is -2.47. The number of nitrogens with zero attached hydrogens (tertiary/aromatic N) is 1. The largest absolute Gasteiger partial charge is 0.305 e. The van der Waals surface area contributed by atoms with Crippen LogP contribution in [0.25, 0.3) is 0 Å². The smallest absolute Gasteiger partial charge is 0.0574 e. The van der Waals surface area contributed by atoms with Crippen LogP contribution in [0.4, 0.5) is 0 Å². The summed E-state index contributed by atoms with van der Waals surface area (Å²) in [6, 6.07) is 0.601. The molecule has 1 heterocycles. The molecule has 2 heteroatoms. The van der Waals surface area contributed by atoms with E-state index in [0.717, 1.165) is 18.4 Å². The third kappa shape index (κ3) is 4.24. The van der Waals surface area contributed by atoms with E-state index in [-0.39, 0.29) is 0 Å². The van der Waals surface area contributed by atoms with E-state index in [4.69, 9.17) is 6.42 Å². The van der Waals surface area contributed by atoms with Crippen LogP contribution in [-0.2, 0) is 0 Å². The second-order valence-electron chi connectivity index (χ2n) is 5.08. The van der Waals surface area contributed by atoms with Crippen molar-refractivity contribution in [3.8, 4) is 12.3 Å². The van der Waals surface area contributed by atoms with Crippen molar-refractivity contribution in [2.24, 2.45) is 11.8 Å². The van der Waals surface area contributed by atoms with Crippen molar-refractivity contribution < 1.29 is 0 Å². The molecular formula is C13H24N2. The molecule has 0 aliphatic carbocycles. The zero-order chi connectivity index (χ0) is 11.3. The summed E-state index contributed by atoms with van der Waals surface area (Å²) in [6.07, 6.45) is 6.59. The molecule has 1 aliphatic rings. The summed E-state index contributed by atoms with van der Waals surface area (Å²) >= 11 is 0. The summed E-state index contributed by atoms with van der Waals surface area (Å²) in [5, 5.41) is 3.28. The number of rotatable bonds is 4. The van der Waals surface area contributed by atoms with Crippen molar-refractivity contribution in [1.29, 1.82) is 0 Å². The van der Waals surface area contributed by atoms with E-state index in [0.29, 0.717) is 12.6 Å². The van der Waals surface area contributed by atoms with E-state index in [1.807, 2.05) is 0 Å². The van der Waals surface area contributed by atoms with Crippen LogP contribution in [0.1, 0.15) is 27.2 Å². The third-order valence-electron chi connectivity index (χ3n) is 3.19. The van der Waals surface area contributed by atoms with Gasteiger partial charge in [0.05, 0.1) is 6.54 Å². The molecule has 0 aromatic rings. The zero-order valence-electron chi connectivity index (χ0n) is 10.3. The summed E-state index contributed by atoms with van der Waals surface area (Å²) in [4.78, 5) is 2.59. The molecule has 0 bridgehead atoms. The van der Waals surface area contributed by atoms with Crippen molar-refractivity contribution in [2.75, 3.05) is 26.2 Å². The number of hydrogen-bond donors (Lipinski definition) is 1. The third-order valence-corrected chi connectivity index (χ3v) is 3.19. The minimum absolute atomic E-state index is 0.601. The average Bonchev–Trinajstić information content (AvgIpc) is 2.16. The first-order chi connectivity index (χ1) is 7.13. The molecule has 0 saturated carbocycles. The fourth-order valence-electron chi connectivity index (χ4n) is 2.55. The lowest BCUT2D eigenvalue weighted by molar-refractivity contribution is 0.103. The highest BCUT2D eigenvalue weighted by molar-refractivity contribution is 4.87. The Morgan fingerprint density at radius 2 is 2.00 bits per heavy atom. The standard InChI is InChI=1S/C13H24N2/c1-5-6-14-8-13(4)15-9-11(2)7-12(3)10-15/h1,11-14H,6-10H2,2-4H3. The summed E-state index contributed by atoms with van der Waals surface area (Å²) < 4.78 is 0. The maximum atomic E-state index is 5.21. The lowest BCUT2D eigenvalue weighted by Gasteiger charge is -2.38. The molecule has 1 aliphatic heterocycles. The van der Waals surface area contributed by atoms with Crippen molar-refractivity contribution in [3.05, 3.63) is 0 Å². The van der Waals surface area contributed by atoms with Crippen LogP contribution in [0.5, 0.6) is 0 Å². The number of hydrogen-bond acceptors (Lipinski definition) is 2. The van der Waals surface area contributed by atoms with Crippen LogP contribution in [0.3, 0.4) is 0 Å². The molecule has 0 radical (unpaired) electrons. The SMILES string of the molecule is C#CCNCC(C)N1CC(C)CC(C)C1. The highest BCUT2D eigenvalue weighted by atomic mass is 15.2. The van der Waals surface area contributed by atoms with Gasteiger partial charge < -0.3 is 5.32 Å². The molecule has 2 nitrogen and oxygen atoms in total. The first-order valence-corrected chi connectivity index (χ1v) is 6.01. The van der Waals surface area contributed by atoms with Gasteiger partial charge in [-0.3, -0.25) is 4.90 Å². The van der Waals surface area contributed by atoms with Crippen molar-refractivity contribution in [3.63, 3.8) is 0 Å². The Labute approximate surface area is 94.4 Å². The molecule has 0 amide bonds. The Morgan fingerprint density at radius 3 is 2.53 bits per heavy atom. The zero-order valence-corrected chi connectivity index (χ0v) is 10.3. The van der Waals surface area contributed by atoms with Crippen LogP contribution in [0, 0.1) is 24.2 Å². The monoisotopic (exact) mass is 208 g/mol. The van der Waals surface area contributed by atoms with Crippen LogP contribution >= 0.6 is 0 Å². The van der Waals surface area contributed by atoms with E-state index in [2.05, 4.69) is 36.9 Å². The number of piperidine rings is 1. The summed E-state index contributed by atoms with van der Waals surface area (Å²) in [5.74, 6) is 4.29. The van der Waals surface area contributed by atoms with Gasteiger partial charge in [0, 0.05) is 25.7 Å². The highest BCUT2D eigenvalue weighted by Gasteiger charge is 2.24. The molecule has 3 atom stereocenters. The molecule has 86 valence electrons. The Balaban J connectivity index is 2.31. The van der Waals surface area contributed by atoms with Gasteiger partial charge in [0.2, 0.25) is 0 Å². The Bertz CT molecular complexity index is 209. The van der Waals surface area contributed by atoms with Gasteiger partial charge in [0.25, 0.3) is 0 Å². The second-order valence-corrected chi connectivity index (χ2v) is 5.08. The average molecular weight is 208 g/mol. The predicted octanol–water partition coefficient (Wildman–Crippen LogP) is 1.58. The van der Waals surface area contributed by atoms with Gasteiger partial charge in [0.1, 0.15) is 0 Å². The maximum absolute atomic E-state index is 5.21. The summed E-state index contributed by atoms with van der Waals surface area (Å²) in [6.45, 7) is 11.2. The van der Waals surface area contributed by atoms with E-state index >= 15 is 0 Å². The molecule has 3 unspecified atom stereocenters. The van der Waals surface area contributed by atoms with Crippen LogP contribution in [0.2, 0.25) is 0 Å². The maximum Gasteiger partial charge on any atom is 0.0574 e. The fraction of sp³-hybridized carbons (Fsp3) is 0.846. The van der Waals surface area contributed by atoms with E-state index in [1.54, 1.807) is 0 Å². The van der Waals surface area contributed by atoms with E-state index in [9.17, 15) is 0 Å². The van der Waals surface area contributed by atoms with Gasteiger partial charge in [-0.05, 0) is 25.2 Å². The minimum Gasteiger partial charge on any atom is -0.305 e. The quantitative estimate of drug-likeness (QED) is 0.557. The molecule has 15 heavy (non-hydrogen) atoms. The van der Waals surface area contributed by atoms with Crippen molar-refractivity contribution in [1.82, 2.24) is 10.2 Å². The van der Waals surface area contributed by atoms with Gasteiger partial charge in [-0.25, -0.2) is 0 Å². The van der Waals surface area contributed by atoms with Gasteiger partial charge >= 0.3 is 0 Å². The van der Waals surface area contributed by atoms with E-state index in [1.165, 1.54) is 19.5 Å². The first-order valence-electron chi connectivity index (χ1n) is 6.01. The van der Waals surface area contributed by atoms with Crippen LogP contribution in [0.15, 0.2) is 0 Å². The van der Waals surface area contributed by atoms with Gasteiger partial charge in [0.15, 0.2) is 0 Å². The highest BCUT2D eigenvalue weighted by Crippen LogP contribution is 2.22. The Hall–Kier alpha value is -0.520. The fourth-order valence-corrected chi connectivity index (χ4v) is 2.55. The molecular weight excluding hydrogens is 184 g/mol. The molecule has 0 aromatic carbocycles. The molecule has 1 rings (SSSR count). The lowest BCUT2D eigenvalue weighted by atomic mass is 9.91. The first kappa shape index (κ1) is 12.5. The molecule has 1 saturated heterocycles. The number of nitrogens with one attached hydrogen (secondary N) is 1. The molecule has 0 aromatic heterocycles. The number of terminal acetylenes is 1. The van der Waals surface area contributed by atoms with Crippen molar-refractivity contribution >= 4 is 0 Å². The number of likely N-dealkylation sites (tertiary alicyclic amines) is 1. The second kappa shape index (κ2) is 6.15. The topological polar surface area (TPSA) is 15.3 Å². The summed E-state index contributed by atoms with van der Waals surface area (Å²) in [7, 11) is 0. The van der Waals surface area contributed by atoms with Crippen LogP contribution < -0.4 is 5.32 Å². The Morgan fingerprint density at radius 1 is 1.40 bits per heavy atom. The molecule has 0 spiro atoms. The normalized spacial score (nSPS) is 29.7. The van der Waals surface area contributed by atoms with Gasteiger partial charge in [-0.1, -0.05) is 19.8 Å². The molecule has 1 fully saturated rings. The van der Waals surface area contributed by atoms with Crippen molar-refractivity contribution in [2.45, 2.75) is 33.2 Å². The van der Waals surface area contributed by atoms with Gasteiger partial charge in [-0.2, -0.15) is 0 Å². The Kier molecular flexibility index (Phi) is 5.14. The summed E-state index contributed by atoms with van der Waals surface area (Å²) in [5.41, 5.74) is 0. The van der Waals surface area contributed by atoms with Gasteiger partial charge in [-0.15, -0.1) is 6.42 Å². The predicted molar refractivity (Wildman–Crippen MR) is 65.7 cm³/mol. The molecule has 1 N–H and O–H groups in total. The van der Waals surface area contributed by atoms with E-state index < -0.39 is 0 Å².